The summed E-state index contributed by atoms with van der Waals surface area (Å²) in [6, 6.07) is 27.2. The molecule has 11 heteroatoms. The fraction of sp³-hybridized carbons (Fsp3) is 0.0968. The predicted octanol–water partition coefficient (Wildman–Crippen LogP) is 6.40. The fourth-order valence-corrected chi connectivity index (χ4v) is 4.44. The molecule has 0 aliphatic rings. The summed E-state index contributed by atoms with van der Waals surface area (Å²) in [5.74, 6) is 0.422. The average molecular weight is 565 g/mol. The summed E-state index contributed by atoms with van der Waals surface area (Å²) >= 11 is 0. The lowest BCUT2D eigenvalue weighted by Gasteiger charge is -2.12. The Balaban J connectivity index is 1.41. The van der Waals surface area contributed by atoms with Gasteiger partial charge in [0, 0.05) is 35.1 Å². The molecular formula is C31H24N4O7. The van der Waals surface area contributed by atoms with Gasteiger partial charge in [-0.25, -0.2) is 4.79 Å². The van der Waals surface area contributed by atoms with Crippen molar-refractivity contribution in [1.29, 1.82) is 0 Å². The Kier molecular flexibility index (Phi) is 8.00. The Morgan fingerprint density at radius 1 is 0.905 bits per heavy atom. The van der Waals surface area contributed by atoms with Gasteiger partial charge in [-0.1, -0.05) is 60.7 Å². The zero-order valence-electron chi connectivity index (χ0n) is 22.4. The van der Waals surface area contributed by atoms with Crippen LogP contribution in [0.1, 0.15) is 22.3 Å². The van der Waals surface area contributed by atoms with Gasteiger partial charge in [0.05, 0.1) is 15.9 Å². The first kappa shape index (κ1) is 27.7. The monoisotopic (exact) mass is 564 g/mol. The Bertz CT molecular complexity index is 1870. The van der Waals surface area contributed by atoms with Crippen LogP contribution in [0, 0.1) is 27.2 Å². The molecule has 42 heavy (non-hydrogen) atoms. The van der Waals surface area contributed by atoms with Crippen molar-refractivity contribution < 1.29 is 19.0 Å². The van der Waals surface area contributed by atoms with Gasteiger partial charge < -0.3 is 9.15 Å². The third-order valence-corrected chi connectivity index (χ3v) is 6.67. The van der Waals surface area contributed by atoms with Crippen molar-refractivity contribution in [2.45, 2.75) is 13.3 Å². The molecule has 0 atom stereocenters. The zero-order valence-corrected chi connectivity index (χ0v) is 22.4. The van der Waals surface area contributed by atoms with Crippen molar-refractivity contribution >= 4 is 33.7 Å². The highest BCUT2D eigenvalue weighted by Crippen LogP contribution is 2.29. The lowest BCUT2D eigenvalue weighted by atomic mass is 10.00. The van der Waals surface area contributed by atoms with E-state index < -0.39 is 26.8 Å². The summed E-state index contributed by atoms with van der Waals surface area (Å²) in [6.45, 7) is 1.85. The van der Waals surface area contributed by atoms with Crippen LogP contribution in [0.25, 0.3) is 11.0 Å². The van der Waals surface area contributed by atoms with Crippen LogP contribution in [-0.2, 0) is 6.42 Å². The van der Waals surface area contributed by atoms with Gasteiger partial charge in [-0.2, -0.15) is 5.10 Å². The van der Waals surface area contributed by atoms with E-state index in [1.165, 1.54) is 6.07 Å². The second-order valence-electron chi connectivity index (χ2n) is 9.35. The smallest absolute Gasteiger partial charge is 0.340 e. The van der Waals surface area contributed by atoms with Crippen LogP contribution in [0.15, 0.2) is 111 Å². The van der Waals surface area contributed by atoms with Gasteiger partial charge in [-0.3, -0.25) is 25.7 Å². The highest BCUT2D eigenvalue weighted by Gasteiger charge is 2.20. The summed E-state index contributed by atoms with van der Waals surface area (Å²) in [4.78, 5) is 34.0. The van der Waals surface area contributed by atoms with Gasteiger partial charge in [-0.15, -0.1) is 0 Å². The molecular weight excluding hydrogens is 540 g/mol. The molecule has 210 valence electrons. The molecule has 1 aromatic heterocycles. The first-order chi connectivity index (χ1) is 20.3. The number of ether oxygens (including phenoxy) is 1. The first-order valence-corrected chi connectivity index (χ1v) is 12.8. The van der Waals surface area contributed by atoms with Crippen LogP contribution in [0.2, 0.25) is 0 Å². The number of rotatable bonds is 10. The minimum Gasteiger partial charge on any atom is -0.487 e. The number of nitro groups is 2. The second-order valence-corrected chi connectivity index (χ2v) is 9.35. The number of hydrogen-bond acceptors (Lipinski definition) is 9. The van der Waals surface area contributed by atoms with Crippen LogP contribution < -0.4 is 15.8 Å². The number of nitro benzene ring substituents is 2. The van der Waals surface area contributed by atoms with E-state index in [9.17, 15) is 25.0 Å². The minimum atomic E-state index is -0.723. The summed E-state index contributed by atoms with van der Waals surface area (Å²) < 4.78 is 11.7. The molecule has 0 spiro atoms. The maximum Gasteiger partial charge on any atom is 0.340 e. The molecule has 0 amide bonds. The highest BCUT2D eigenvalue weighted by atomic mass is 16.6. The summed E-state index contributed by atoms with van der Waals surface area (Å²) in [5, 5.41) is 27.7. The molecule has 1 heterocycles. The molecule has 0 radical (unpaired) electrons. The van der Waals surface area contributed by atoms with E-state index in [1.807, 2.05) is 49.4 Å². The molecule has 0 saturated carbocycles. The minimum absolute atomic E-state index is 0.0201. The molecule has 1 N–H and O–H groups in total. The van der Waals surface area contributed by atoms with Gasteiger partial charge in [-0.05, 0) is 36.2 Å². The van der Waals surface area contributed by atoms with Crippen molar-refractivity contribution in [2.24, 2.45) is 5.10 Å². The number of fused-ring (bicyclic) bond motifs is 1. The third-order valence-electron chi connectivity index (χ3n) is 6.67. The number of hydrogen-bond donors (Lipinski definition) is 1. The van der Waals surface area contributed by atoms with Gasteiger partial charge >= 0.3 is 11.3 Å². The van der Waals surface area contributed by atoms with Gasteiger partial charge in [0.1, 0.15) is 29.3 Å². The predicted molar refractivity (Wildman–Crippen MR) is 158 cm³/mol. The average Bonchev–Trinajstić information content (AvgIpc) is 3.00. The lowest BCUT2D eigenvalue weighted by molar-refractivity contribution is -0.393. The molecule has 4 aromatic carbocycles. The van der Waals surface area contributed by atoms with E-state index >= 15 is 0 Å². The number of anilines is 1. The van der Waals surface area contributed by atoms with E-state index in [4.69, 9.17) is 9.15 Å². The van der Waals surface area contributed by atoms with Gasteiger partial charge in [0.15, 0.2) is 0 Å². The van der Waals surface area contributed by atoms with Crippen LogP contribution >= 0.6 is 0 Å². The Morgan fingerprint density at radius 3 is 2.31 bits per heavy atom. The zero-order chi connectivity index (χ0) is 29.6. The van der Waals surface area contributed by atoms with E-state index in [1.54, 1.807) is 36.4 Å². The number of benzene rings is 4. The van der Waals surface area contributed by atoms with Crippen LogP contribution in [-0.4, -0.2) is 22.2 Å². The van der Waals surface area contributed by atoms with E-state index in [0.717, 1.165) is 28.6 Å². The summed E-state index contributed by atoms with van der Waals surface area (Å²) in [6.07, 6.45) is 0.458. The first-order valence-electron chi connectivity index (χ1n) is 12.8. The van der Waals surface area contributed by atoms with Gasteiger partial charge in [0.25, 0.3) is 5.69 Å². The SMILES string of the molecule is Cc1c(Cc2ccccc2)c(=O)oc2cc(OC/C(=N/Nc3ccc([N+](=O)[O-])cc3[N+](=O)[O-])c3ccccc3)ccc12. The molecule has 0 aliphatic heterocycles. The summed E-state index contributed by atoms with van der Waals surface area (Å²) in [5.41, 5.74) is 5.21. The van der Waals surface area contributed by atoms with Crippen molar-refractivity contribution in [3.05, 3.63) is 150 Å². The van der Waals surface area contributed by atoms with Crippen LogP contribution in [0.5, 0.6) is 5.75 Å². The van der Waals surface area contributed by atoms with Crippen molar-refractivity contribution in [3.63, 3.8) is 0 Å². The normalized spacial score (nSPS) is 11.3. The number of nitrogens with one attached hydrogen (secondary N) is 1. The molecule has 0 unspecified atom stereocenters. The summed E-state index contributed by atoms with van der Waals surface area (Å²) in [7, 11) is 0. The van der Waals surface area contributed by atoms with Crippen molar-refractivity contribution in [2.75, 3.05) is 12.0 Å². The Morgan fingerprint density at radius 2 is 1.62 bits per heavy atom. The maximum atomic E-state index is 12.9. The standard InChI is InChI=1S/C31H24N4O7/c1-20-25-14-13-24(18-30(25)42-31(36)26(20)16-21-8-4-2-5-9-21)41-19-28(22-10-6-3-7-11-22)33-32-27-15-12-23(34(37)38)17-29(27)35(39)40/h2-15,17-18,32H,16,19H2,1H3/b33-28-. The van der Waals surface area contributed by atoms with E-state index in [2.05, 4.69) is 10.5 Å². The van der Waals surface area contributed by atoms with Crippen LogP contribution in [0.4, 0.5) is 17.1 Å². The van der Waals surface area contributed by atoms with E-state index in [0.29, 0.717) is 34.6 Å². The third kappa shape index (κ3) is 6.15. The fourth-order valence-electron chi connectivity index (χ4n) is 4.44. The quantitative estimate of drug-likeness (QED) is 0.0885. The Hall–Kier alpha value is -5.84. The van der Waals surface area contributed by atoms with E-state index in [-0.39, 0.29) is 12.3 Å². The molecule has 0 bridgehead atoms. The highest BCUT2D eigenvalue weighted by molar-refractivity contribution is 6.02. The van der Waals surface area contributed by atoms with Crippen molar-refractivity contribution in [3.8, 4) is 5.75 Å². The van der Waals surface area contributed by atoms with Crippen LogP contribution in [0.3, 0.4) is 0 Å². The van der Waals surface area contributed by atoms with Crippen molar-refractivity contribution in [1.82, 2.24) is 0 Å². The molecule has 0 saturated heterocycles. The number of nitrogens with zero attached hydrogens (tertiary/aromatic N) is 3. The number of aryl methyl sites for hydroxylation is 1. The topological polar surface area (TPSA) is 150 Å². The molecule has 0 fully saturated rings. The molecule has 0 aliphatic carbocycles. The molecule has 5 rings (SSSR count). The lowest BCUT2D eigenvalue weighted by Crippen LogP contribution is -2.15. The largest absolute Gasteiger partial charge is 0.487 e. The van der Waals surface area contributed by atoms with Gasteiger partial charge in [0.2, 0.25) is 0 Å². The molecule has 11 nitrogen and oxygen atoms in total. The number of hydrazone groups is 1. The maximum absolute atomic E-state index is 12.9. The second kappa shape index (κ2) is 12.1. The Labute approximate surface area is 239 Å². The molecule has 5 aromatic rings. The number of non-ortho nitro benzene ring substituents is 1.